The van der Waals surface area contributed by atoms with Crippen LogP contribution in [0.1, 0.15) is 52.5 Å². The molecule has 1 aliphatic carbocycles. The number of para-hydroxylation sites is 1. The number of amides is 1. The van der Waals surface area contributed by atoms with Crippen molar-refractivity contribution in [2.45, 2.75) is 64.2 Å². The van der Waals surface area contributed by atoms with Gasteiger partial charge >= 0.3 is 6.09 Å². The van der Waals surface area contributed by atoms with Crippen molar-refractivity contribution in [3.63, 3.8) is 0 Å². The second-order valence-electron chi connectivity index (χ2n) is 10.7. The Hall–Kier alpha value is -3.88. The molecular formula is C28H34N6O3. The van der Waals surface area contributed by atoms with Crippen LogP contribution >= 0.6 is 0 Å². The maximum atomic E-state index is 12.7. The number of carbonyl (C=O) groups is 1. The lowest BCUT2D eigenvalue weighted by molar-refractivity contribution is 0.0588. The van der Waals surface area contributed by atoms with Gasteiger partial charge in [0.2, 0.25) is 0 Å². The molecule has 0 aliphatic heterocycles. The van der Waals surface area contributed by atoms with Gasteiger partial charge in [-0.1, -0.05) is 18.2 Å². The second kappa shape index (κ2) is 9.88. The molecule has 0 radical (unpaired) electrons. The van der Waals surface area contributed by atoms with Gasteiger partial charge in [-0.2, -0.15) is 10.2 Å². The van der Waals surface area contributed by atoms with Crippen molar-refractivity contribution in [2.24, 2.45) is 7.05 Å². The van der Waals surface area contributed by atoms with Gasteiger partial charge in [-0.25, -0.2) is 9.78 Å². The molecule has 0 atom stereocenters. The van der Waals surface area contributed by atoms with Gasteiger partial charge in [-0.05, 0) is 58.6 Å². The van der Waals surface area contributed by atoms with Crippen LogP contribution in [0.5, 0.6) is 5.75 Å². The Morgan fingerprint density at radius 1 is 1.08 bits per heavy atom. The molecule has 1 saturated carbocycles. The van der Waals surface area contributed by atoms with Gasteiger partial charge < -0.3 is 9.47 Å². The number of rotatable bonds is 5. The first-order valence-corrected chi connectivity index (χ1v) is 12.7. The SMILES string of the molecule is CN(C(=O)OC(C)(C)C)c1cc2c(cn1)c(-c1cnn(C)c1)nn2[C@H]1CC[C@@H](Oc2ccccc2)CC1. The summed E-state index contributed by atoms with van der Waals surface area (Å²) in [6.07, 6.45) is 9.08. The minimum atomic E-state index is -0.592. The van der Waals surface area contributed by atoms with E-state index in [1.54, 1.807) is 17.9 Å². The smallest absolute Gasteiger partial charge is 0.415 e. The summed E-state index contributed by atoms with van der Waals surface area (Å²) in [5.74, 6) is 1.43. The van der Waals surface area contributed by atoms with Crippen LogP contribution in [0.2, 0.25) is 0 Å². The summed E-state index contributed by atoms with van der Waals surface area (Å²) in [4.78, 5) is 18.7. The molecule has 1 fully saturated rings. The van der Waals surface area contributed by atoms with Gasteiger partial charge in [0.05, 0.1) is 23.9 Å². The van der Waals surface area contributed by atoms with E-state index in [9.17, 15) is 4.79 Å². The maximum Gasteiger partial charge on any atom is 0.415 e. The fraction of sp³-hybridized carbons (Fsp3) is 0.429. The number of ether oxygens (including phenoxy) is 2. The fourth-order valence-corrected chi connectivity index (χ4v) is 4.76. The lowest BCUT2D eigenvalue weighted by Gasteiger charge is -2.29. The molecule has 0 N–H and O–H groups in total. The molecule has 9 heteroatoms. The molecule has 9 nitrogen and oxygen atoms in total. The van der Waals surface area contributed by atoms with E-state index < -0.39 is 11.7 Å². The van der Waals surface area contributed by atoms with Crippen molar-refractivity contribution in [1.82, 2.24) is 24.5 Å². The Balaban J connectivity index is 1.44. The second-order valence-corrected chi connectivity index (χ2v) is 10.7. The number of nitrogens with zero attached hydrogens (tertiary/aromatic N) is 6. The number of hydrogen-bond acceptors (Lipinski definition) is 6. The van der Waals surface area contributed by atoms with Crippen LogP contribution < -0.4 is 9.64 Å². The molecule has 194 valence electrons. The van der Waals surface area contributed by atoms with E-state index in [0.717, 1.165) is 53.6 Å². The Morgan fingerprint density at radius 2 is 1.81 bits per heavy atom. The molecular weight excluding hydrogens is 468 g/mol. The van der Waals surface area contributed by atoms with E-state index in [1.165, 1.54) is 4.90 Å². The highest BCUT2D eigenvalue weighted by Crippen LogP contribution is 2.36. The average Bonchev–Trinajstić information content (AvgIpc) is 3.47. The first kappa shape index (κ1) is 24.8. The van der Waals surface area contributed by atoms with Gasteiger partial charge in [-0.3, -0.25) is 14.3 Å². The molecule has 3 aromatic heterocycles. The molecule has 5 rings (SSSR count). The summed E-state index contributed by atoms with van der Waals surface area (Å²) < 4.78 is 15.6. The highest BCUT2D eigenvalue weighted by Gasteiger charge is 2.28. The van der Waals surface area contributed by atoms with Gasteiger partial charge in [-0.15, -0.1) is 0 Å². The van der Waals surface area contributed by atoms with E-state index in [2.05, 4.69) is 14.8 Å². The number of hydrogen-bond donors (Lipinski definition) is 0. The third kappa shape index (κ3) is 5.45. The summed E-state index contributed by atoms with van der Waals surface area (Å²) in [5, 5.41) is 10.3. The summed E-state index contributed by atoms with van der Waals surface area (Å²) in [6.45, 7) is 5.55. The fourth-order valence-electron chi connectivity index (χ4n) is 4.76. The summed E-state index contributed by atoms with van der Waals surface area (Å²) >= 11 is 0. The van der Waals surface area contributed by atoms with Crippen LogP contribution in [0, 0.1) is 0 Å². The van der Waals surface area contributed by atoms with E-state index in [4.69, 9.17) is 14.6 Å². The van der Waals surface area contributed by atoms with Crippen LogP contribution in [-0.4, -0.2) is 49.4 Å². The van der Waals surface area contributed by atoms with E-state index in [0.29, 0.717) is 5.82 Å². The number of aromatic nitrogens is 5. The predicted molar refractivity (Wildman–Crippen MR) is 143 cm³/mol. The molecule has 0 saturated heterocycles. The first-order valence-electron chi connectivity index (χ1n) is 12.7. The van der Waals surface area contributed by atoms with E-state index >= 15 is 0 Å². The zero-order valence-electron chi connectivity index (χ0n) is 22.1. The van der Waals surface area contributed by atoms with Crippen molar-refractivity contribution < 1.29 is 14.3 Å². The molecule has 0 spiro atoms. The lowest BCUT2D eigenvalue weighted by atomic mass is 9.93. The minimum absolute atomic E-state index is 0.189. The third-order valence-electron chi connectivity index (χ3n) is 6.60. The largest absolute Gasteiger partial charge is 0.490 e. The van der Waals surface area contributed by atoms with Gasteiger partial charge in [0.1, 0.15) is 22.9 Å². The molecule has 1 aliphatic rings. The van der Waals surface area contributed by atoms with Crippen molar-refractivity contribution in [1.29, 1.82) is 0 Å². The summed E-state index contributed by atoms with van der Waals surface area (Å²) in [7, 11) is 3.57. The van der Waals surface area contributed by atoms with E-state index in [-0.39, 0.29) is 12.1 Å². The number of fused-ring (bicyclic) bond motifs is 1. The van der Waals surface area contributed by atoms with Crippen LogP contribution in [0.4, 0.5) is 10.6 Å². The summed E-state index contributed by atoms with van der Waals surface area (Å²) in [6, 6.07) is 12.1. The molecule has 4 aromatic rings. The van der Waals surface area contributed by atoms with E-state index in [1.807, 2.05) is 76.6 Å². The Bertz CT molecular complexity index is 1380. The predicted octanol–water partition coefficient (Wildman–Crippen LogP) is 5.77. The maximum absolute atomic E-state index is 12.7. The topological polar surface area (TPSA) is 87.3 Å². The standard InChI is InChI=1S/C28H34N6O3/c1-28(2,3)37-27(35)33(5)25-15-24-23(17-29-25)26(19-16-30-32(4)18-19)31-34(24)20-11-13-22(14-12-20)36-21-9-7-6-8-10-21/h6-10,15-18,20,22H,11-14H2,1-5H3/t20-,22+. The highest BCUT2D eigenvalue weighted by molar-refractivity contribution is 5.95. The molecule has 3 heterocycles. The molecule has 37 heavy (non-hydrogen) atoms. The number of aryl methyl sites for hydroxylation is 1. The zero-order valence-corrected chi connectivity index (χ0v) is 22.1. The Morgan fingerprint density at radius 3 is 2.46 bits per heavy atom. The van der Waals surface area contributed by atoms with Crippen molar-refractivity contribution in [3.8, 4) is 17.0 Å². The number of pyridine rings is 1. The van der Waals surface area contributed by atoms with Crippen LogP contribution in [0.15, 0.2) is 55.0 Å². The third-order valence-corrected chi connectivity index (χ3v) is 6.60. The average molecular weight is 503 g/mol. The molecule has 0 unspecified atom stereocenters. The van der Waals surface area contributed by atoms with Crippen LogP contribution in [-0.2, 0) is 11.8 Å². The number of anilines is 1. The van der Waals surface area contributed by atoms with Crippen molar-refractivity contribution in [2.75, 3.05) is 11.9 Å². The Kier molecular flexibility index (Phi) is 6.62. The number of carbonyl (C=O) groups excluding carboxylic acids is 1. The number of benzene rings is 1. The summed E-state index contributed by atoms with van der Waals surface area (Å²) in [5.41, 5.74) is 2.12. The van der Waals surface area contributed by atoms with Crippen molar-refractivity contribution >= 4 is 22.8 Å². The minimum Gasteiger partial charge on any atom is -0.490 e. The molecule has 1 aromatic carbocycles. The van der Waals surface area contributed by atoms with Gasteiger partial charge in [0.15, 0.2) is 0 Å². The Labute approximate surface area is 217 Å². The van der Waals surface area contributed by atoms with Gasteiger partial charge in [0.25, 0.3) is 0 Å². The first-order chi connectivity index (χ1) is 17.7. The quantitative estimate of drug-likeness (QED) is 0.345. The lowest BCUT2D eigenvalue weighted by Crippen LogP contribution is -2.34. The van der Waals surface area contributed by atoms with Crippen molar-refractivity contribution in [3.05, 3.63) is 55.0 Å². The monoisotopic (exact) mass is 502 g/mol. The van der Waals surface area contributed by atoms with Crippen LogP contribution in [0.25, 0.3) is 22.2 Å². The van der Waals surface area contributed by atoms with Crippen LogP contribution in [0.3, 0.4) is 0 Å². The van der Waals surface area contributed by atoms with Gasteiger partial charge in [0, 0.05) is 43.5 Å². The molecule has 0 bridgehead atoms. The normalized spacial score (nSPS) is 18.1. The highest BCUT2D eigenvalue weighted by atomic mass is 16.6. The molecule has 1 amide bonds. The zero-order chi connectivity index (χ0) is 26.2.